The molecule has 1 aliphatic heterocycles. The molecule has 0 spiro atoms. The maximum absolute atomic E-state index is 12.2. The van der Waals surface area contributed by atoms with Crippen LogP contribution in [0, 0.1) is 5.92 Å². The summed E-state index contributed by atoms with van der Waals surface area (Å²) in [6.07, 6.45) is 4.54. The van der Waals surface area contributed by atoms with Gasteiger partial charge in [-0.2, -0.15) is 0 Å². The van der Waals surface area contributed by atoms with Gasteiger partial charge in [-0.15, -0.1) is 11.8 Å². The zero-order valence-electron chi connectivity index (χ0n) is 11.1. The summed E-state index contributed by atoms with van der Waals surface area (Å²) in [4.78, 5) is 25.3. The first-order valence-corrected chi connectivity index (χ1v) is 7.88. The monoisotopic (exact) mass is 270 g/mol. The Kier molecular flexibility index (Phi) is 4.54. The number of hydrogen-bond donors (Lipinski definition) is 1. The number of amides is 2. The standard InChI is InChI=1S/C13H22N2O2S/c1-9-3-5-11(6-4-9)14-13(17)12-7-18-8-15(12)10(2)16/h9,11-12H,3-8H2,1-2H3,(H,14,17)/t9?,11?,12-/m0/s1. The molecule has 5 heteroatoms. The largest absolute Gasteiger partial charge is 0.352 e. The SMILES string of the molecule is CC(=O)N1CSC[C@H]1C(=O)NC1CCC(C)CC1. The highest BCUT2D eigenvalue weighted by Gasteiger charge is 2.34. The van der Waals surface area contributed by atoms with Crippen molar-refractivity contribution in [3.63, 3.8) is 0 Å². The Balaban J connectivity index is 1.86. The topological polar surface area (TPSA) is 49.4 Å². The molecule has 0 aromatic rings. The molecule has 1 heterocycles. The third-order valence-electron chi connectivity index (χ3n) is 3.95. The van der Waals surface area contributed by atoms with E-state index >= 15 is 0 Å². The normalized spacial score (nSPS) is 32.3. The minimum Gasteiger partial charge on any atom is -0.352 e. The molecule has 0 radical (unpaired) electrons. The molecule has 2 aliphatic rings. The zero-order chi connectivity index (χ0) is 13.1. The number of carbonyl (C=O) groups excluding carboxylic acids is 2. The fraction of sp³-hybridized carbons (Fsp3) is 0.846. The molecule has 1 atom stereocenters. The highest BCUT2D eigenvalue weighted by atomic mass is 32.2. The summed E-state index contributed by atoms with van der Waals surface area (Å²) in [7, 11) is 0. The van der Waals surface area contributed by atoms with Crippen LogP contribution in [-0.4, -0.2) is 40.4 Å². The van der Waals surface area contributed by atoms with E-state index < -0.39 is 0 Å². The molecule has 1 aliphatic carbocycles. The van der Waals surface area contributed by atoms with E-state index in [1.54, 1.807) is 16.7 Å². The molecular weight excluding hydrogens is 248 g/mol. The Labute approximate surface area is 113 Å². The average molecular weight is 270 g/mol. The van der Waals surface area contributed by atoms with Crippen molar-refractivity contribution in [1.82, 2.24) is 10.2 Å². The highest BCUT2D eigenvalue weighted by molar-refractivity contribution is 7.99. The lowest BCUT2D eigenvalue weighted by atomic mass is 9.87. The van der Waals surface area contributed by atoms with Crippen LogP contribution >= 0.6 is 11.8 Å². The number of thioether (sulfide) groups is 1. The van der Waals surface area contributed by atoms with E-state index in [9.17, 15) is 9.59 Å². The Hall–Kier alpha value is -0.710. The molecule has 1 saturated heterocycles. The van der Waals surface area contributed by atoms with Gasteiger partial charge in [0.25, 0.3) is 0 Å². The first-order chi connectivity index (χ1) is 8.58. The average Bonchev–Trinajstić information content (AvgIpc) is 2.81. The molecule has 4 nitrogen and oxygen atoms in total. The van der Waals surface area contributed by atoms with Crippen LogP contribution in [0.2, 0.25) is 0 Å². The number of hydrogen-bond acceptors (Lipinski definition) is 3. The van der Waals surface area contributed by atoms with Crippen LogP contribution in [0.15, 0.2) is 0 Å². The summed E-state index contributed by atoms with van der Waals surface area (Å²) < 4.78 is 0. The summed E-state index contributed by atoms with van der Waals surface area (Å²) in [6.45, 7) is 3.80. The van der Waals surface area contributed by atoms with Crippen LogP contribution in [0.1, 0.15) is 39.5 Å². The molecule has 2 amide bonds. The molecule has 1 N–H and O–H groups in total. The summed E-state index contributed by atoms with van der Waals surface area (Å²) in [5.41, 5.74) is 0. The second-order valence-corrected chi connectivity index (χ2v) is 6.47. The number of carbonyl (C=O) groups is 2. The Morgan fingerprint density at radius 3 is 2.50 bits per heavy atom. The predicted molar refractivity (Wildman–Crippen MR) is 73.2 cm³/mol. The molecule has 0 bridgehead atoms. The van der Waals surface area contributed by atoms with Crippen LogP contribution < -0.4 is 5.32 Å². The van der Waals surface area contributed by atoms with Gasteiger partial charge in [-0.3, -0.25) is 9.59 Å². The van der Waals surface area contributed by atoms with Crippen LogP contribution in [0.25, 0.3) is 0 Å². The van der Waals surface area contributed by atoms with Crippen molar-refractivity contribution in [2.45, 2.75) is 51.6 Å². The molecule has 0 aromatic heterocycles. The van der Waals surface area contributed by atoms with Crippen molar-refractivity contribution in [2.75, 3.05) is 11.6 Å². The van der Waals surface area contributed by atoms with E-state index in [2.05, 4.69) is 12.2 Å². The van der Waals surface area contributed by atoms with Crippen LogP contribution in [0.5, 0.6) is 0 Å². The fourth-order valence-corrected chi connectivity index (χ4v) is 3.89. The van der Waals surface area contributed by atoms with Gasteiger partial charge in [0.15, 0.2) is 0 Å². The van der Waals surface area contributed by atoms with Crippen molar-refractivity contribution >= 4 is 23.6 Å². The maximum atomic E-state index is 12.2. The van der Waals surface area contributed by atoms with Gasteiger partial charge in [0.2, 0.25) is 11.8 Å². The van der Waals surface area contributed by atoms with Crippen LogP contribution in [0.4, 0.5) is 0 Å². The van der Waals surface area contributed by atoms with Gasteiger partial charge in [0.05, 0.1) is 5.88 Å². The van der Waals surface area contributed by atoms with E-state index in [0.29, 0.717) is 11.9 Å². The van der Waals surface area contributed by atoms with Gasteiger partial charge in [0, 0.05) is 18.7 Å². The quantitative estimate of drug-likeness (QED) is 0.829. The van der Waals surface area contributed by atoms with Crippen LogP contribution in [0.3, 0.4) is 0 Å². The molecule has 102 valence electrons. The van der Waals surface area contributed by atoms with E-state index in [1.165, 1.54) is 19.8 Å². The van der Waals surface area contributed by atoms with Gasteiger partial charge in [-0.25, -0.2) is 0 Å². The van der Waals surface area contributed by atoms with E-state index in [0.717, 1.165) is 24.5 Å². The molecule has 0 unspecified atom stereocenters. The van der Waals surface area contributed by atoms with Crippen LogP contribution in [-0.2, 0) is 9.59 Å². The molecule has 2 fully saturated rings. The van der Waals surface area contributed by atoms with Gasteiger partial charge >= 0.3 is 0 Å². The lowest BCUT2D eigenvalue weighted by Gasteiger charge is -2.29. The van der Waals surface area contributed by atoms with Gasteiger partial charge in [0.1, 0.15) is 6.04 Å². The molecular formula is C13H22N2O2S. The van der Waals surface area contributed by atoms with Gasteiger partial charge in [-0.1, -0.05) is 6.92 Å². The minimum absolute atomic E-state index is 0.00239. The molecule has 18 heavy (non-hydrogen) atoms. The third-order valence-corrected chi connectivity index (χ3v) is 4.96. The highest BCUT2D eigenvalue weighted by Crippen LogP contribution is 2.25. The smallest absolute Gasteiger partial charge is 0.243 e. The number of rotatable bonds is 2. The summed E-state index contributed by atoms with van der Waals surface area (Å²) in [6, 6.07) is 0.0555. The summed E-state index contributed by atoms with van der Waals surface area (Å²) in [5.74, 6) is 2.20. The van der Waals surface area contributed by atoms with E-state index in [4.69, 9.17) is 0 Å². The Morgan fingerprint density at radius 1 is 1.22 bits per heavy atom. The lowest BCUT2D eigenvalue weighted by Crippen LogP contribution is -2.50. The number of nitrogens with zero attached hydrogens (tertiary/aromatic N) is 1. The summed E-state index contributed by atoms with van der Waals surface area (Å²) >= 11 is 1.65. The minimum atomic E-state index is -0.258. The van der Waals surface area contributed by atoms with Crippen molar-refractivity contribution in [2.24, 2.45) is 5.92 Å². The fourth-order valence-electron chi connectivity index (χ4n) is 2.67. The van der Waals surface area contributed by atoms with Crippen molar-refractivity contribution in [1.29, 1.82) is 0 Å². The first-order valence-electron chi connectivity index (χ1n) is 6.73. The van der Waals surface area contributed by atoms with Gasteiger partial charge in [-0.05, 0) is 31.6 Å². The first kappa shape index (κ1) is 13.7. The summed E-state index contributed by atoms with van der Waals surface area (Å²) in [5, 5.41) is 3.12. The van der Waals surface area contributed by atoms with Crippen molar-refractivity contribution in [3.05, 3.63) is 0 Å². The third kappa shape index (κ3) is 3.19. The Morgan fingerprint density at radius 2 is 1.89 bits per heavy atom. The molecule has 1 saturated carbocycles. The number of nitrogens with one attached hydrogen (secondary N) is 1. The lowest BCUT2D eigenvalue weighted by molar-refractivity contribution is -0.136. The van der Waals surface area contributed by atoms with E-state index in [-0.39, 0.29) is 17.9 Å². The Bertz CT molecular complexity index is 327. The molecule has 0 aromatic carbocycles. The van der Waals surface area contributed by atoms with Gasteiger partial charge < -0.3 is 10.2 Å². The van der Waals surface area contributed by atoms with Crippen molar-refractivity contribution < 1.29 is 9.59 Å². The predicted octanol–water partition coefficient (Wildman–Crippen LogP) is 1.60. The van der Waals surface area contributed by atoms with Crippen molar-refractivity contribution in [3.8, 4) is 0 Å². The molecule has 2 rings (SSSR count). The second kappa shape index (κ2) is 5.95. The maximum Gasteiger partial charge on any atom is 0.243 e. The zero-order valence-corrected chi connectivity index (χ0v) is 12.0. The van der Waals surface area contributed by atoms with E-state index in [1.807, 2.05) is 0 Å². The second-order valence-electron chi connectivity index (χ2n) is 5.47.